The fraction of sp³-hybridized carbons (Fsp3) is 0.483. The molecule has 2 saturated heterocycles. The summed E-state index contributed by atoms with van der Waals surface area (Å²) >= 11 is 0. The van der Waals surface area contributed by atoms with E-state index in [1.165, 1.54) is 16.6 Å². The van der Waals surface area contributed by atoms with Crippen LogP contribution in [0.1, 0.15) is 36.1 Å². The van der Waals surface area contributed by atoms with Gasteiger partial charge in [-0.1, -0.05) is 0 Å². The number of anilines is 4. The molecule has 2 fully saturated rings. The van der Waals surface area contributed by atoms with Crippen LogP contribution in [0, 0.1) is 0 Å². The second kappa shape index (κ2) is 12.2. The molecular weight excluding hydrogens is 581 g/mol. The second-order valence-electron chi connectivity index (χ2n) is 11.0. The number of hydrogen-bond donors (Lipinski definition) is 2. The van der Waals surface area contributed by atoms with Crippen molar-refractivity contribution >= 4 is 33.3 Å². The van der Waals surface area contributed by atoms with Crippen LogP contribution in [0.2, 0.25) is 0 Å². The summed E-state index contributed by atoms with van der Waals surface area (Å²) in [5.74, 6) is 1.10. The number of aromatic nitrogens is 3. The van der Waals surface area contributed by atoms with Gasteiger partial charge < -0.3 is 20.4 Å². The Balaban J connectivity index is 1.29. The zero-order valence-electron chi connectivity index (χ0n) is 23.8. The summed E-state index contributed by atoms with van der Waals surface area (Å²) in [4.78, 5) is 18.0. The lowest BCUT2D eigenvalue weighted by atomic mass is 10.1. The molecule has 5 heterocycles. The Morgan fingerprint density at radius 1 is 0.837 bits per heavy atom. The summed E-state index contributed by atoms with van der Waals surface area (Å²) in [5, 5.41) is 6.54. The van der Waals surface area contributed by atoms with Gasteiger partial charge in [0, 0.05) is 76.2 Å². The number of rotatable bonds is 6. The molecule has 0 spiro atoms. The smallest absolute Gasteiger partial charge is 0.355 e. The third-order valence-corrected chi connectivity index (χ3v) is 10.1. The Morgan fingerprint density at radius 2 is 1.56 bits per heavy atom. The maximum atomic E-state index is 13.8. The van der Waals surface area contributed by atoms with Gasteiger partial charge in [0.15, 0.2) is 0 Å². The zero-order valence-corrected chi connectivity index (χ0v) is 24.6. The quantitative estimate of drug-likeness (QED) is 0.428. The van der Waals surface area contributed by atoms with Gasteiger partial charge in [-0.05, 0) is 62.1 Å². The Kier molecular flexibility index (Phi) is 8.42. The van der Waals surface area contributed by atoms with Crippen molar-refractivity contribution in [2.75, 3.05) is 67.5 Å². The van der Waals surface area contributed by atoms with Crippen LogP contribution < -0.4 is 20.4 Å². The first-order chi connectivity index (χ1) is 20.7. The highest BCUT2D eigenvalue weighted by Crippen LogP contribution is 2.36. The normalized spacial score (nSPS) is 18.7. The minimum absolute atomic E-state index is 0.0807. The lowest BCUT2D eigenvalue weighted by molar-refractivity contribution is -0.137. The Bertz CT molecular complexity index is 1540. The molecule has 6 rings (SSSR count). The summed E-state index contributed by atoms with van der Waals surface area (Å²) in [6, 6.07) is 8.98. The Morgan fingerprint density at radius 3 is 2.28 bits per heavy atom. The van der Waals surface area contributed by atoms with Crippen LogP contribution in [0.4, 0.5) is 36.4 Å². The number of halogens is 3. The van der Waals surface area contributed by atoms with Crippen molar-refractivity contribution in [3.8, 4) is 0 Å². The van der Waals surface area contributed by atoms with Crippen molar-refractivity contribution in [2.24, 2.45) is 0 Å². The van der Waals surface area contributed by atoms with Gasteiger partial charge in [0.25, 0.3) is 0 Å². The number of piperidine rings is 1. The molecule has 1 aromatic carbocycles. The number of sulfonamides is 1. The third kappa shape index (κ3) is 6.41. The molecule has 3 aliphatic rings. The lowest BCUT2D eigenvalue weighted by Crippen LogP contribution is -2.46. The summed E-state index contributed by atoms with van der Waals surface area (Å²) < 4.78 is 69.1. The molecule has 0 radical (unpaired) electrons. The maximum Gasteiger partial charge on any atom is 0.419 e. The fourth-order valence-corrected chi connectivity index (χ4v) is 7.33. The van der Waals surface area contributed by atoms with E-state index in [-0.39, 0.29) is 10.7 Å². The van der Waals surface area contributed by atoms with E-state index in [2.05, 4.69) is 20.5 Å². The van der Waals surface area contributed by atoms with Crippen molar-refractivity contribution in [3.63, 3.8) is 0 Å². The second-order valence-corrected chi connectivity index (χ2v) is 12.9. The van der Waals surface area contributed by atoms with Gasteiger partial charge in [0.2, 0.25) is 16.0 Å². The molecule has 0 unspecified atom stereocenters. The molecule has 10 nitrogen and oxygen atoms in total. The molecule has 0 amide bonds. The minimum Gasteiger partial charge on any atom is -0.355 e. The molecule has 3 aromatic rings. The Hall–Kier alpha value is -3.49. The number of benzene rings is 1. The van der Waals surface area contributed by atoms with Crippen LogP contribution in [-0.2, 0) is 29.0 Å². The average molecular weight is 617 g/mol. The van der Waals surface area contributed by atoms with E-state index >= 15 is 0 Å². The molecule has 0 aliphatic carbocycles. The third-order valence-electron chi connectivity index (χ3n) is 8.19. The van der Waals surface area contributed by atoms with Gasteiger partial charge in [-0.3, -0.25) is 0 Å². The van der Waals surface area contributed by atoms with E-state index in [1.807, 2.05) is 0 Å². The van der Waals surface area contributed by atoms with Crippen molar-refractivity contribution in [1.82, 2.24) is 24.6 Å². The van der Waals surface area contributed by atoms with Crippen LogP contribution >= 0.6 is 0 Å². The lowest BCUT2D eigenvalue weighted by Gasteiger charge is -2.28. The van der Waals surface area contributed by atoms with Gasteiger partial charge >= 0.3 is 6.18 Å². The van der Waals surface area contributed by atoms with Gasteiger partial charge in [-0.2, -0.15) is 22.5 Å². The van der Waals surface area contributed by atoms with Crippen LogP contribution in [-0.4, -0.2) is 80.0 Å². The van der Waals surface area contributed by atoms with Crippen LogP contribution in [0.5, 0.6) is 0 Å². The highest BCUT2D eigenvalue weighted by molar-refractivity contribution is 7.89. The number of fused-ring (bicyclic) bond motifs is 1. The zero-order chi connectivity index (χ0) is 30.0. The predicted molar refractivity (Wildman–Crippen MR) is 158 cm³/mol. The molecule has 0 bridgehead atoms. The molecule has 43 heavy (non-hydrogen) atoms. The number of piperazine rings is 1. The van der Waals surface area contributed by atoms with E-state index in [9.17, 15) is 21.6 Å². The number of alkyl halides is 3. The number of nitrogens with zero attached hydrogens (tertiary/aromatic N) is 6. The fourth-order valence-electron chi connectivity index (χ4n) is 5.89. The highest BCUT2D eigenvalue weighted by Gasteiger charge is 2.36. The van der Waals surface area contributed by atoms with E-state index in [0.29, 0.717) is 69.6 Å². The van der Waals surface area contributed by atoms with Crippen molar-refractivity contribution in [3.05, 3.63) is 59.4 Å². The molecule has 230 valence electrons. The minimum atomic E-state index is -4.51. The van der Waals surface area contributed by atoms with E-state index < -0.39 is 21.8 Å². The van der Waals surface area contributed by atoms with Gasteiger partial charge in [-0.15, -0.1) is 0 Å². The summed E-state index contributed by atoms with van der Waals surface area (Å²) in [6.45, 7) is 4.41. The topological polar surface area (TPSA) is 107 Å². The monoisotopic (exact) mass is 616 g/mol. The van der Waals surface area contributed by atoms with E-state index in [1.54, 1.807) is 29.2 Å². The maximum absolute atomic E-state index is 13.8. The molecule has 14 heteroatoms. The van der Waals surface area contributed by atoms with Gasteiger partial charge in [-0.25, -0.2) is 18.4 Å². The molecule has 2 N–H and O–H groups in total. The average Bonchev–Trinajstić information content (AvgIpc) is 3.25. The highest BCUT2D eigenvalue weighted by atomic mass is 32.2. The van der Waals surface area contributed by atoms with Crippen LogP contribution in [0.3, 0.4) is 0 Å². The van der Waals surface area contributed by atoms with Gasteiger partial charge in [0.05, 0.1) is 16.2 Å². The molecule has 0 atom stereocenters. The SMILES string of the molecule is O=S(=O)(c1ccc(Nc2nc(N3CCCCC3)nc3c2CCN(c2ncccc2C(F)(F)F)CC3)cc1)N1CCNCC1. The summed E-state index contributed by atoms with van der Waals surface area (Å²) in [7, 11) is -3.60. The summed E-state index contributed by atoms with van der Waals surface area (Å²) in [6.07, 6.45) is 0.956. The number of nitrogens with one attached hydrogen (secondary N) is 2. The molecule has 3 aliphatic heterocycles. The first-order valence-corrected chi connectivity index (χ1v) is 16.1. The molecule has 2 aromatic heterocycles. The Labute approximate surface area is 249 Å². The van der Waals surface area contributed by atoms with E-state index in [0.717, 1.165) is 49.7 Å². The van der Waals surface area contributed by atoms with Crippen LogP contribution in [0.25, 0.3) is 0 Å². The van der Waals surface area contributed by atoms with Crippen molar-refractivity contribution in [1.29, 1.82) is 0 Å². The van der Waals surface area contributed by atoms with Crippen molar-refractivity contribution < 1.29 is 21.6 Å². The van der Waals surface area contributed by atoms with Crippen molar-refractivity contribution in [2.45, 2.75) is 43.2 Å². The van der Waals surface area contributed by atoms with E-state index in [4.69, 9.17) is 9.97 Å². The largest absolute Gasteiger partial charge is 0.419 e. The molecule has 0 saturated carbocycles. The summed E-state index contributed by atoms with van der Waals surface area (Å²) in [5.41, 5.74) is 1.54. The van der Waals surface area contributed by atoms with Crippen LogP contribution in [0.15, 0.2) is 47.5 Å². The first kappa shape index (κ1) is 29.6. The standard InChI is InChI=1S/C29H35F3N8O2S/c30-29(31,32)24-5-4-12-34-27(24)38-17-10-23-25(11-18-38)36-28(39-15-2-1-3-16-39)37-26(23)35-21-6-8-22(9-7-21)43(41,42)40-19-13-33-14-20-40/h4-9,12,33H,1-3,10-11,13-20H2,(H,35,36,37). The molecular formula is C29H35F3N8O2S. The predicted octanol–water partition coefficient (Wildman–Crippen LogP) is 3.82. The number of pyridine rings is 1. The van der Waals surface area contributed by atoms with Gasteiger partial charge in [0.1, 0.15) is 11.6 Å². The number of hydrogen-bond acceptors (Lipinski definition) is 9. The first-order valence-electron chi connectivity index (χ1n) is 14.7.